The number of halogens is 1. The molecule has 1 aromatic rings. The van der Waals surface area contributed by atoms with Crippen molar-refractivity contribution < 1.29 is 9.53 Å². The summed E-state index contributed by atoms with van der Waals surface area (Å²) < 4.78 is 4.72. The Morgan fingerprint density at radius 3 is 2.93 bits per heavy atom. The van der Waals surface area contributed by atoms with E-state index in [-0.39, 0.29) is 22.8 Å². The first kappa shape index (κ1) is 10.8. The number of carbonyl (C=O) groups excluding carboxylic acids is 1. The van der Waals surface area contributed by atoms with Crippen molar-refractivity contribution in [1.29, 1.82) is 0 Å². The van der Waals surface area contributed by atoms with Crippen molar-refractivity contribution in [1.82, 2.24) is 4.98 Å². The van der Waals surface area contributed by atoms with E-state index in [9.17, 15) is 9.59 Å². The molecule has 0 saturated heterocycles. The van der Waals surface area contributed by atoms with Crippen LogP contribution in [0.5, 0.6) is 0 Å². The minimum atomic E-state index is -0.370. The number of rotatable bonds is 3. The van der Waals surface area contributed by atoms with E-state index in [4.69, 9.17) is 16.3 Å². The van der Waals surface area contributed by atoms with E-state index in [2.05, 4.69) is 4.98 Å². The van der Waals surface area contributed by atoms with Gasteiger partial charge in [0.05, 0.1) is 13.0 Å². The molecule has 0 aliphatic heterocycles. The van der Waals surface area contributed by atoms with Crippen molar-refractivity contribution in [2.24, 2.45) is 0 Å². The van der Waals surface area contributed by atoms with Gasteiger partial charge in [-0.15, -0.1) is 0 Å². The van der Waals surface area contributed by atoms with Gasteiger partial charge in [-0.1, -0.05) is 11.6 Å². The Morgan fingerprint density at radius 1 is 1.64 bits per heavy atom. The molecule has 0 aliphatic carbocycles. The van der Waals surface area contributed by atoms with Gasteiger partial charge in [-0.05, 0) is 6.92 Å². The zero-order valence-corrected chi connectivity index (χ0v) is 8.43. The molecule has 0 aromatic carbocycles. The van der Waals surface area contributed by atoms with Crippen LogP contribution in [0.1, 0.15) is 12.6 Å². The monoisotopic (exact) mass is 215 g/mol. The minimum Gasteiger partial charge on any atom is -0.466 e. The Morgan fingerprint density at radius 2 is 2.36 bits per heavy atom. The summed E-state index contributed by atoms with van der Waals surface area (Å²) in [6.07, 6.45) is 1.42. The summed E-state index contributed by atoms with van der Waals surface area (Å²) >= 11 is 5.52. The molecule has 14 heavy (non-hydrogen) atoms. The van der Waals surface area contributed by atoms with E-state index in [0.717, 1.165) is 0 Å². The quantitative estimate of drug-likeness (QED) is 0.770. The number of pyridine rings is 1. The zero-order valence-electron chi connectivity index (χ0n) is 7.67. The molecule has 0 unspecified atom stereocenters. The fraction of sp³-hybridized carbons (Fsp3) is 0.333. The molecule has 5 heteroatoms. The van der Waals surface area contributed by atoms with E-state index in [0.29, 0.717) is 12.3 Å². The van der Waals surface area contributed by atoms with Crippen molar-refractivity contribution in [2.75, 3.05) is 6.61 Å². The SMILES string of the molecule is CCOC(=O)Cc1cc(=O)c(Cl)c[nH]1. The molecular weight excluding hydrogens is 206 g/mol. The molecule has 0 amide bonds. The molecule has 0 atom stereocenters. The molecule has 1 rings (SSSR count). The summed E-state index contributed by atoms with van der Waals surface area (Å²) in [6.45, 7) is 2.05. The second-order valence-electron chi connectivity index (χ2n) is 2.65. The molecule has 0 saturated carbocycles. The highest BCUT2D eigenvalue weighted by Crippen LogP contribution is 2.00. The lowest BCUT2D eigenvalue weighted by molar-refractivity contribution is -0.142. The van der Waals surface area contributed by atoms with Gasteiger partial charge < -0.3 is 9.72 Å². The summed E-state index contributed by atoms with van der Waals surface area (Å²) in [4.78, 5) is 24.8. The Labute approximate surface area is 85.9 Å². The van der Waals surface area contributed by atoms with E-state index in [1.807, 2.05) is 0 Å². The standard InChI is InChI=1S/C9H10ClNO3/c1-2-14-9(13)4-6-3-8(12)7(10)5-11-6/h3,5H,2,4H2,1H3,(H,11,12). The van der Waals surface area contributed by atoms with Crippen LogP contribution in [0.3, 0.4) is 0 Å². The third kappa shape index (κ3) is 2.88. The molecule has 0 bridgehead atoms. The molecule has 0 radical (unpaired) electrons. The van der Waals surface area contributed by atoms with Gasteiger partial charge in [-0.25, -0.2) is 0 Å². The van der Waals surface area contributed by atoms with Gasteiger partial charge in [0, 0.05) is 18.0 Å². The number of hydrogen-bond donors (Lipinski definition) is 1. The number of aromatic nitrogens is 1. The topological polar surface area (TPSA) is 59.2 Å². The van der Waals surface area contributed by atoms with Gasteiger partial charge in [0.15, 0.2) is 5.43 Å². The molecule has 1 heterocycles. The molecule has 1 N–H and O–H groups in total. The number of ether oxygens (including phenoxy) is 1. The number of aromatic amines is 1. The van der Waals surface area contributed by atoms with E-state index >= 15 is 0 Å². The maximum absolute atomic E-state index is 11.1. The van der Waals surface area contributed by atoms with Crippen molar-refractivity contribution in [2.45, 2.75) is 13.3 Å². The normalized spacial score (nSPS) is 9.86. The van der Waals surface area contributed by atoms with Gasteiger partial charge in [0.2, 0.25) is 0 Å². The highest BCUT2D eigenvalue weighted by atomic mass is 35.5. The average molecular weight is 216 g/mol. The smallest absolute Gasteiger partial charge is 0.311 e. The van der Waals surface area contributed by atoms with E-state index in [1.165, 1.54) is 12.3 Å². The number of esters is 1. The summed E-state index contributed by atoms with van der Waals surface area (Å²) in [5, 5.41) is 0.109. The average Bonchev–Trinajstić information content (AvgIpc) is 2.12. The van der Waals surface area contributed by atoms with Gasteiger partial charge >= 0.3 is 5.97 Å². The first-order valence-corrected chi connectivity index (χ1v) is 4.54. The predicted molar refractivity (Wildman–Crippen MR) is 52.4 cm³/mol. The van der Waals surface area contributed by atoms with Crippen LogP contribution in [-0.4, -0.2) is 17.6 Å². The lowest BCUT2D eigenvalue weighted by Gasteiger charge is -2.01. The molecule has 76 valence electrons. The molecule has 0 spiro atoms. The lowest BCUT2D eigenvalue weighted by Crippen LogP contribution is -2.11. The molecule has 0 fully saturated rings. The maximum atomic E-state index is 11.1. The number of H-pyrrole nitrogens is 1. The highest BCUT2D eigenvalue weighted by Gasteiger charge is 2.05. The van der Waals surface area contributed by atoms with Crippen LogP contribution in [-0.2, 0) is 16.0 Å². The van der Waals surface area contributed by atoms with Crippen LogP contribution in [0.25, 0.3) is 0 Å². The summed E-state index contributed by atoms with van der Waals surface area (Å²) in [6, 6.07) is 1.29. The fourth-order valence-electron chi connectivity index (χ4n) is 0.966. The third-order valence-corrected chi connectivity index (χ3v) is 1.86. The maximum Gasteiger partial charge on any atom is 0.311 e. The number of nitrogens with one attached hydrogen (secondary N) is 1. The van der Waals surface area contributed by atoms with Gasteiger partial charge in [-0.2, -0.15) is 0 Å². The number of carbonyl (C=O) groups is 1. The predicted octanol–water partition coefficient (Wildman–Crippen LogP) is 1.13. The number of hydrogen-bond acceptors (Lipinski definition) is 3. The second kappa shape index (κ2) is 4.81. The van der Waals surface area contributed by atoms with Crippen LogP contribution in [0, 0.1) is 0 Å². The lowest BCUT2D eigenvalue weighted by atomic mass is 10.3. The molecule has 0 aliphatic rings. The Hall–Kier alpha value is -1.29. The largest absolute Gasteiger partial charge is 0.466 e. The third-order valence-electron chi connectivity index (χ3n) is 1.57. The van der Waals surface area contributed by atoms with E-state index < -0.39 is 0 Å². The Bertz CT molecular complexity index is 386. The van der Waals surface area contributed by atoms with E-state index in [1.54, 1.807) is 6.92 Å². The van der Waals surface area contributed by atoms with Crippen LogP contribution < -0.4 is 5.43 Å². The van der Waals surface area contributed by atoms with Crippen LogP contribution in [0.2, 0.25) is 5.02 Å². The Kier molecular flexibility index (Phi) is 3.71. The van der Waals surface area contributed by atoms with Gasteiger partial charge in [-0.3, -0.25) is 9.59 Å². The molecule has 1 aromatic heterocycles. The fourth-order valence-corrected chi connectivity index (χ4v) is 1.07. The van der Waals surface area contributed by atoms with Gasteiger partial charge in [0.25, 0.3) is 0 Å². The first-order chi connectivity index (χ1) is 6.63. The zero-order chi connectivity index (χ0) is 10.6. The summed E-state index contributed by atoms with van der Waals surface area (Å²) in [5.74, 6) is -0.370. The van der Waals surface area contributed by atoms with Crippen molar-refractivity contribution in [3.63, 3.8) is 0 Å². The summed E-state index contributed by atoms with van der Waals surface area (Å²) in [5.41, 5.74) is 0.197. The van der Waals surface area contributed by atoms with Crippen molar-refractivity contribution in [3.8, 4) is 0 Å². The minimum absolute atomic E-state index is 0.0558. The van der Waals surface area contributed by atoms with Crippen LogP contribution >= 0.6 is 11.6 Å². The second-order valence-corrected chi connectivity index (χ2v) is 3.06. The highest BCUT2D eigenvalue weighted by molar-refractivity contribution is 6.30. The Balaban J connectivity index is 2.73. The molecular formula is C9H10ClNO3. The van der Waals surface area contributed by atoms with Crippen LogP contribution in [0.15, 0.2) is 17.1 Å². The summed E-state index contributed by atoms with van der Waals surface area (Å²) in [7, 11) is 0. The first-order valence-electron chi connectivity index (χ1n) is 4.16. The van der Waals surface area contributed by atoms with Crippen molar-refractivity contribution in [3.05, 3.63) is 33.2 Å². The van der Waals surface area contributed by atoms with Gasteiger partial charge in [0.1, 0.15) is 5.02 Å². The van der Waals surface area contributed by atoms with Crippen molar-refractivity contribution >= 4 is 17.6 Å². The van der Waals surface area contributed by atoms with Crippen LogP contribution in [0.4, 0.5) is 0 Å². The molecule has 4 nitrogen and oxygen atoms in total.